The standard InChI is InChI=1S/C13H14FN3/c1-10-9-12(14)5-4-11(10)6-8-15-13-3-2-7-16-17-13/h2-5,7,9H,6,8H2,1H3,(H,15,17). The summed E-state index contributed by atoms with van der Waals surface area (Å²) in [5.74, 6) is 0.570. The Bertz CT molecular complexity index is 485. The van der Waals surface area contributed by atoms with Gasteiger partial charge >= 0.3 is 0 Å². The molecule has 1 aromatic heterocycles. The van der Waals surface area contributed by atoms with Gasteiger partial charge in [-0.3, -0.25) is 0 Å². The van der Waals surface area contributed by atoms with E-state index in [1.165, 1.54) is 6.07 Å². The van der Waals surface area contributed by atoms with Crippen molar-refractivity contribution in [1.82, 2.24) is 10.2 Å². The highest BCUT2D eigenvalue weighted by molar-refractivity contribution is 5.33. The second kappa shape index (κ2) is 5.39. The molecule has 0 aliphatic rings. The number of benzene rings is 1. The number of anilines is 1. The van der Waals surface area contributed by atoms with Crippen molar-refractivity contribution < 1.29 is 4.39 Å². The van der Waals surface area contributed by atoms with Gasteiger partial charge in [-0.1, -0.05) is 6.07 Å². The Balaban J connectivity index is 1.90. The molecule has 0 aliphatic heterocycles. The predicted molar refractivity (Wildman–Crippen MR) is 65.4 cm³/mol. The van der Waals surface area contributed by atoms with Crippen molar-refractivity contribution in [1.29, 1.82) is 0 Å². The average molecular weight is 231 g/mol. The quantitative estimate of drug-likeness (QED) is 0.878. The zero-order valence-electron chi connectivity index (χ0n) is 9.65. The molecule has 1 N–H and O–H groups in total. The SMILES string of the molecule is Cc1cc(F)ccc1CCNc1cccnn1. The lowest BCUT2D eigenvalue weighted by atomic mass is 10.1. The van der Waals surface area contributed by atoms with E-state index in [4.69, 9.17) is 0 Å². The van der Waals surface area contributed by atoms with E-state index < -0.39 is 0 Å². The van der Waals surface area contributed by atoms with Crippen LogP contribution in [0.25, 0.3) is 0 Å². The minimum atomic E-state index is -0.187. The summed E-state index contributed by atoms with van der Waals surface area (Å²) < 4.78 is 12.9. The third-order valence-electron chi connectivity index (χ3n) is 2.58. The topological polar surface area (TPSA) is 37.8 Å². The summed E-state index contributed by atoms with van der Waals surface area (Å²) in [5.41, 5.74) is 2.12. The molecule has 0 bridgehead atoms. The van der Waals surface area contributed by atoms with Gasteiger partial charge in [0, 0.05) is 12.7 Å². The molecule has 2 aromatic rings. The van der Waals surface area contributed by atoms with E-state index in [1.807, 2.05) is 25.1 Å². The van der Waals surface area contributed by atoms with Crippen LogP contribution in [0.1, 0.15) is 11.1 Å². The van der Waals surface area contributed by atoms with Crippen LogP contribution < -0.4 is 5.32 Å². The van der Waals surface area contributed by atoms with E-state index >= 15 is 0 Å². The first-order chi connectivity index (χ1) is 8.25. The van der Waals surface area contributed by atoms with E-state index in [2.05, 4.69) is 15.5 Å². The molecule has 88 valence electrons. The van der Waals surface area contributed by atoms with Crippen molar-refractivity contribution >= 4 is 5.82 Å². The Kier molecular flexibility index (Phi) is 3.65. The van der Waals surface area contributed by atoms with Gasteiger partial charge in [0.15, 0.2) is 0 Å². The molecule has 2 rings (SSSR count). The Morgan fingerprint density at radius 1 is 1.29 bits per heavy atom. The Morgan fingerprint density at radius 3 is 2.88 bits per heavy atom. The molecule has 1 heterocycles. The molecule has 0 saturated heterocycles. The minimum absolute atomic E-state index is 0.187. The third kappa shape index (κ3) is 3.24. The van der Waals surface area contributed by atoms with Gasteiger partial charge in [0.25, 0.3) is 0 Å². The third-order valence-corrected chi connectivity index (χ3v) is 2.58. The smallest absolute Gasteiger partial charge is 0.148 e. The first-order valence-electron chi connectivity index (χ1n) is 5.52. The van der Waals surface area contributed by atoms with Crippen molar-refractivity contribution in [3.63, 3.8) is 0 Å². The Labute approximate surface area is 99.7 Å². The zero-order valence-corrected chi connectivity index (χ0v) is 9.65. The monoisotopic (exact) mass is 231 g/mol. The molecular formula is C13H14FN3. The first kappa shape index (κ1) is 11.5. The molecular weight excluding hydrogens is 217 g/mol. The lowest BCUT2D eigenvalue weighted by molar-refractivity contribution is 0.625. The van der Waals surface area contributed by atoms with Crippen LogP contribution >= 0.6 is 0 Å². The van der Waals surface area contributed by atoms with Crippen LogP contribution in [0.4, 0.5) is 10.2 Å². The minimum Gasteiger partial charge on any atom is -0.368 e. The summed E-state index contributed by atoms with van der Waals surface area (Å²) in [6.45, 7) is 2.67. The van der Waals surface area contributed by atoms with Crippen LogP contribution in [0.15, 0.2) is 36.5 Å². The molecule has 4 heteroatoms. The fraction of sp³-hybridized carbons (Fsp3) is 0.231. The van der Waals surface area contributed by atoms with E-state index in [0.717, 1.165) is 29.9 Å². The highest BCUT2D eigenvalue weighted by Gasteiger charge is 2.00. The number of rotatable bonds is 4. The molecule has 17 heavy (non-hydrogen) atoms. The highest BCUT2D eigenvalue weighted by Crippen LogP contribution is 2.11. The fourth-order valence-electron chi connectivity index (χ4n) is 1.66. The number of hydrogen-bond acceptors (Lipinski definition) is 3. The highest BCUT2D eigenvalue weighted by atomic mass is 19.1. The van der Waals surface area contributed by atoms with Crippen LogP contribution in [-0.4, -0.2) is 16.7 Å². The number of nitrogens with zero attached hydrogens (tertiary/aromatic N) is 2. The van der Waals surface area contributed by atoms with Crippen molar-refractivity contribution in [2.45, 2.75) is 13.3 Å². The number of hydrogen-bond donors (Lipinski definition) is 1. The molecule has 0 fully saturated rings. The van der Waals surface area contributed by atoms with Gasteiger partial charge in [0.1, 0.15) is 11.6 Å². The summed E-state index contributed by atoms with van der Waals surface area (Å²) >= 11 is 0. The molecule has 0 saturated carbocycles. The molecule has 0 unspecified atom stereocenters. The Morgan fingerprint density at radius 2 is 2.18 bits per heavy atom. The number of aromatic nitrogens is 2. The van der Waals surface area contributed by atoms with Gasteiger partial charge in [-0.25, -0.2) is 4.39 Å². The van der Waals surface area contributed by atoms with Gasteiger partial charge in [0.05, 0.1) is 0 Å². The average Bonchev–Trinajstić information content (AvgIpc) is 2.33. The second-order valence-electron chi connectivity index (χ2n) is 3.86. The molecule has 0 atom stereocenters. The van der Waals surface area contributed by atoms with Crippen molar-refractivity contribution in [2.75, 3.05) is 11.9 Å². The van der Waals surface area contributed by atoms with E-state index in [0.29, 0.717) is 0 Å². The predicted octanol–water partition coefficient (Wildman–Crippen LogP) is 2.58. The van der Waals surface area contributed by atoms with Crippen LogP contribution in [0.2, 0.25) is 0 Å². The molecule has 0 amide bonds. The van der Waals surface area contributed by atoms with Gasteiger partial charge in [-0.05, 0) is 48.7 Å². The van der Waals surface area contributed by atoms with E-state index in [1.54, 1.807) is 12.3 Å². The summed E-state index contributed by atoms with van der Waals surface area (Å²) in [5, 5.41) is 10.9. The lowest BCUT2D eigenvalue weighted by Crippen LogP contribution is -2.07. The summed E-state index contributed by atoms with van der Waals surface area (Å²) in [6, 6.07) is 8.56. The van der Waals surface area contributed by atoms with Crippen LogP contribution in [0.3, 0.4) is 0 Å². The van der Waals surface area contributed by atoms with Gasteiger partial charge in [-0.15, -0.1) is 5.10 Å². The van der Waals surface area contributed by atoms with E-state index in [-0.39, 0.29) is 5.82 Å². The lowest BCUT2D eigenvalue weighted by Gasteiger charge is -2.07. The van der Waals surface area contributed by atoms with Gasteiger partial charge in [-0.2, -0.15) is 5.10 Å². The molecule has 0 spiro atoms. The molecule has 0 radical (unpaired) electrons. The Hall–Kier alpha value is -1.97. The van der Waals surface area contributed by atoms with E-state index in [9.17, 15) is 4.39 Å². The van der Waals surface area contributed by atoms with Crippen LogP contribution in [-0.2, 0) is 6.42 Å². The number of aryl methyl sites for hydroxylation is 1. The van der Waals surface area contributed by atoms with Crippen molar-refractivity contribution in [3.05, 3.63) is 53.5 Å². The zero-order chi connectivity index (χ0) is 12.1. The van der Waals surface area contributed by atoms with Crippen LogP contribution in [0.5, 0.6) is 0 Å². The van der Waals surface area contributed by atoms with Crippen LogP contribution in [0, 0.1) is 12.7 Å². The maximum absolute atomic E-state index is 12.9. The normalized spacial score (nSPS) is 10.2. The number of nitrogens with one attached hydrogen (secondary N) is 1. The van der Waals surface area contributed by atoms with Crippen molar-refractivity contribution in [3.8, 4) is 0 Å². The summed E-state index contributed by atoms with van der Waals surface area (Å²) in [4.78, 5) is 0. The van der Waals surface area contributed by atoms with Crippen molar-refractivity contribution in [2.24, 2.45) is 0 Å². The largest absolute Gasteiger partial charge is 0.368 e. The number of halogens is 1. The van der Waals surface area contributed by atoms with Gasteiger partial charge < -0.3 is 5.32 Å². The molecule has 1 aromatic carbocycles. The maximum atomic E-state index is 12.9. The summed E-state index contributed by atoms with van der Waals surface area (Å²) in [7, 11) is 0. The maximum Gasteiger partial charge on any atom is 0.148 e. The first-order valence-corrected chi connectivity index (χ1v) is 5.52. The fourth-order valence-corrected chi connectivity index (χ4v) is 1.66. The second-order valence-corrected chi connectivity index (χ2v) is 3.86. The summed E-state index contributed by atoms with van der Waals surface area (Å²) in [6.07, 6.45) is 2.47. The molecule has 3 nitrogen and oxygen atoms in total. The van der Waals surface area contributed by atoms with Gasteiger partial charge in [0.2, 0.25) is 0 Å². The molecule has 0 aliphatic carbocycles.